The van der Waals surface area contributed by atoms with Crippen LogP contribution in [0.15, 0.2) is 17.2 Å². The van der Waals surface area contributed by atoms with Crippen LogP contribution in [0.1, 0.15) is 17.3 Å². The van der Waals surface area contributed by atoms with Crippen molar-refractivity contribution in [2.45, 2.75) is 6.92 Å². The third-order valence-electron chi connectivity index (χ3n) is 2.26. The number of fused-ring (bicyclic) bond motifs is 1. The number of H-pyrrole nitrogens is 1. The Morgan fingerprint density at radius 3 is 3.00 bits per heavy atom. The number of carbonyl (C=O) groups excluding carboxylic acids is 1. The summed E-state index contributed by atoms with van der Waals surface area (Å²) in [5, 5.41) is 3.18. The monoisotopic (exact) mass is 221 g/mol. The van der Waals surface area contributed by atoms with E-state index < -0.39 is 5.97 Å². The Kier molecular flexibility index (Phi) is 2.47. The van der Waals surface area contributed by atoms with E-state index in [4.69, 9.17) is 4.74 Å². The van der Waals surface area contributed by atoms with Crippen LogP contribution in [0.4, 0.5) is 0 Å². The highest BCUT2D eigenvalue weighted by Gasteiger charge is 2.15. The molecule has 0 saturated heterocycles. The number of pyridine rings is 1. The first kappa shape index (κ1) is 10.4. The van der Waals surface area contributed by atoms with Crippen molar-refractivity contribution in [1.82, 2.24) is 14.8 Å². The van der Waals surface area contributed by atoms with Gasteiger partial charge in [-0.2, -0.15) is 0 Å². The van der Waals surface area contributed by atoms with Crippen molar-refractivity contribution >= 4 is 16.9 Å². The Bertz CT molecular complexity index is 597. The van der Waals surface area contributed by atoms with Gasteiger partial charge in [-0.3, -0.25) is 19.6 Å². The van der Waals surface area contributed by atoms with Crippen LogP contribution in [0.3, 0.4) is 0 Å². The standard InChI is InChI=1S/C10H11N3O3/c1-3-16-10(15)7-5-11-4-6-8(7)12-13(2)9(6)14/h4-5,12H,3H2,1-2H3. The van der Waals surface area contributed by atoms with Crippen molar-refractivity contribution in [3.63, 3.8) is 0 Å². The van der Waals surface area contributed by atoms with E-state index in [1.54, 1.807) is 14.0 Å². The van der Waals surface area contributed by atoms with Crippen LogP contribution in [0.2, 0.25) is 0 Å². The predicted octanol–water partition coefficient (Wildman–Crippen LogP) is 0.438. The summed E-state index contributed by atoms with van der Waals surface area (Å²) in [6.07, 6.45) is 2.81. The first-order valence-electron chi connectivity index (χ1n) is 4.85. The topological polar surface area (TPSA) is 77.0 Å². The highest BCUT2D eigenvalue weighted by molar-refractivity contribution is 6.01. The van der Waals surface area contributed by atoms with E-state index in [2.05, 4.69) is 10.1 Å². The molecule has 2 heterocycles. The molecular weight excluding hydrogens is 210 g/mol. The summed E-state index contributed by atoms with van der Waals surface area (Å²) in [6.45, 7) is 2.01. The highest BCUT2D eigenvalue weighted by atomic mass is 16.5. The lowest BCUT2D eigenvalue weighted by Gasteiger charge is -2.01. The van der Waals surface area contributed by atoms with Gasteiger partial charge < -0.3 is 4.74 Å². The summed E-state index contributed by atoms with van der Waals surface area (Å²) in [5.41, 5.74) is 0.520. The van der Waals surface area contributed by atoms with Gasteiger partial charge in [0.25, 0.3) is 5.56 Å². The Balaban J connectivity index is 2.67. The maximum atomic E-state index is 11.6. The zero-order chi connectivity index (χ0) is 11.7. The Labute approximate surface area is 90.8 Å². The number of hydrogen-bond acceptors (Lipinski definition) is 4. The molecule has 0 fully saturated rings. The molecule has 2 aromatic rings. The van der Waals surface area contributed by atoms with E-state index in [1.807, 2.05) is 0 Å². The van der Waals surface area contributed by atoms with E-state index in [1.165, 1.54) is 17.1 Å². The molecule has 6 nitrogen and oxygen atoms in total. The number of nitrogens with zero attached hydrogens (tertiary/aromatic N) is 2. The summed E-state index contributed by atoms with van der Waals surface area (Å²) in [5.74, 6) is -0.484. The zero-order valence-electron chi connectivity index (χ0n) is 8.98. The van der Waals surface area contributed by atoms with Crippen LogP contribution in [-0.2, 0) is 11.8 Å². The van der Waals surface area contributed by atoms with Gasteiger partial charge in [0.2, 0.25) is 0 Å². The minimum absolute atomic E-state index is 0.214. The molecule has 0 aliphatic rings. The normalized spacial score (nSPS) is 10.6. The lowest BCUT2D eigenvalue weighted by molar-refractivity contribution is 0.0528. The van der Waals surface area contributed by atoms with Crippen molar-refractivity contribution in [2.75, 3.05) is 6.61 Å². The average Bonchev–Trinajstić information content (AvgIpc) is 2.55. The largest absolute Gasteiger partial charge is 0.462 e. The molecule has 2 aromatic heterocycles. The van der Waals surface area contributed by atoms with Crippen LogP contribution in [0, 0.1) is 0 Å². The number of nitrogens with one attached hydrogen (secondary N) is 1. The molecule has 0 atom stereocenters. The average molecular weight is 221 g/mol. The lowest BCUT2D eigenvalue weighted by Crippen LogP contribution is -2.11. The smallest absolute Gasteiger partial charge is 0.341 e. The van der Waals surface area contributed by atoms with Gasteiger partial charge in [0.05, 0.1) is 17.5 Å². The minimum atomic E-state index is -0.484. The Hall–Kier alpha value is -2.11. The third-order valence-corrected chi connectivity index (χ3v) is 2.26. The van der Waals surface area contributed by atoms with Crippen LogP contribution < -0.4 is 5.56 Å². The number of carbonyl (C=O) groups is 1. The van der Waals surface area contributed by atoms with Crippen molar-refractivity contribution < 1.29 is 9.53 Å². The fourth-order valence-corrected chi connectivity index (χ4v) is 1.51. The van der Waals surface area contributed by atoms with Gasteiger partial charge in [-0.05, 0) is 6.92 Å². The van der Waals surface area contributed by atoms with Gasteiger partial charge in [0, 0.05) is 19.4 Å². The molecule has 0 spiro atoms. The maximum absolute atomic E-state index is 11.6. The first-order valence-corrected chi connectivity index (χ1v) is 4.85. The van der Waals surface area contributed by atoms with Crippen molar-refractivity contribution in [3.8, 4) is 0 Å². The molecule has 16 heavy (non-hydrogen) atoms. The van der Waals surface area contributed by atoms with Crippen LogP contribution >= 0.6 is 0 Å². The van der Waals surface area contributed by atoms with Gasteiger partial charge in [-0.1, -0.05) is 0 Å². The SMILES string of the molecule is CCOC(=O)c1cncc2c(=O)n(C)[nH]c12. The van der Waals surface area contributed by atoms with E-state index in [-0.39, 0.29) is 17.7 Å². The van der Waals surface area contributed by atoms with Crippen molar-refractivity contribution in [3.05, 3.63) is 28.3 Å². The number of esters is 1. The third kappa shape index (κ3) is 1.48. The summed E-state index contributed by atoms with van der Waals surface area (Å²) in [7, 11) is 1.58. The zero-order valence-corrected chi connectivity index (χ0v) is 8.98. The molecule has 6 heteroatoms. The Morgan fingerprint density at radius 2 is 2.31 bits per heavy atom. The van der Waals surface area contributed by atoms with Gasteiger partial charge in [0.1, 0.15) is 5.56 Å². The van der Waals surface area contributed by atoms with E-state index in [0.717, 1.165) is 0 Å². The molecule has 0 bridgehead atoms. The van der Waals surface area contributed by atoms with Crippen LogP contribution in [0.25, 0.3) is 10.9 Å². The number of aryl methyl sites for hydroxylation is 1. The van der Waals surface area contributed by atoms with E-state index in [9.17, 15) is 9.59 Å². The van der Waals surface area contributed by atoms with Crippen molar-refractivity contribution in [1.29, 1.82) is 0 Å². The lowest BCUT2D eigenvalue weighted by atomic mass is 10.2. The highest BCUT2D eigenvalue weighted by Crippen LogP contribution is 2.12. The van der Waals surface area contributed by atoms with Gasteiger partial charge in [-0.15, -0.1) is 0 Å². The predicted molar refractivity (Wildman–Crippen MR) is 57.3 cm³/mol. The number of aromatic nitrogens is 3. The molecule has 84 valence electrons. The molecule has 0 aromatic carbocycles. The van der Waals surface area contributed by atoms with Crippen LogP contribution in [-0.4, -0.2) is 27.3 Å². The summed E-state index contributed by atoms with van der Waals surface area (Å²) in [4.78, 5) is 27.0. The molecule has 0 amide bonds. The fraction of sp³-hybridized carbons (Fsp3) is 0.300. The molecule has 0 aliphatic heterocycles. The molecule has 1 N–H and O–H groups in total. The molecular formula is C10H11N3O3. The van der Waals surface area contributed by atoms with Gasteiger partial charge >= 0.3 is 5.97 Å². The van der Waals surface area contributed by atoms with Crippen molar-refractivity contribution in [2.24, 2.45) is 7.05 Å². The molecule has 2 rings (SSSR count). The summed E-state index contributed by atoms with van der Waals surface area (Å²) < 4.78 is 6.18. The second kappa shape index (κ2) is 3.80. The molecule has 0 radical (unpaired) electrons. The second-order valence-corrected chi connectivity index (χ2v) is 3.31. The number of ether oxygens (including phenoxy) is 1. The second-order valence-electron chi connectivity index (χ2n) is 3.31. The molecule has 0 aliphatic carbocycles. The van der Waals surface area contributed by atoms with E-state index in [0.29, 0.717) is 10.9 Å². The Morgan fingerprint density at radius 1 is 1.56 bits per heavy atom. The first-order chi connectivity index (χ1) is 7.65. The molecule has 0 saturated carbocycles. The van der Waals surface area contributed by atoms with E-state index >= 15 is 0 Å². The van der Waals surface area contributed by atoms with Crippen LogP contribution in [0.5, 0.6) is 0 Å². The fourth-order valence-electron chi connectivity index (χ4n) is 1.51. The number of aromatic amines is 1. The van der Waals surface area contributed by atoms with Gasteiger partial charge in [0.15, 0.2) is 0 Å². The number of rotatable bonds is 2. The van der Waals surface area contributed by atoms with Gasteiger partial charge in [-0.25, -0.2) is 4.79 Å². The summed E-state index contributed by atoms with van der Waals surface area (Å²) in [6, 6.07) is 0. The number of hydrogen-bond donors (Lipinski definition) is 1. The molecule has 0 unspecified atom stereocenters. The maximum Gasteiger partial charge on any atom is 0.341 e. The minimum Gasteiger partial charge on any atom is -0.462 e. The summed E-state index contributed by atoms with van der Waals surface area (Å²) >= 11 is 0. The quantitative estimate of drug-likeness (QED) is 0.746.